The monoisotopic (exact) mass is 338 g/mol. The Morgan fingerprint density at radius 1 is 1.12 bits per heavy atom. The molecule has 1 unspecified atom stereocenters. The first kappa shape index (κ1) is 16.5. The molecule has 122 valence electrons. The van der Waals surface area contributed by atoms with Crippen LogP contribution in [0.1, 0.15) is 30.5 Å². The molecule has 3 rings (SSSR count). The number of fused-ring (bicyclic) bond motifs is 1. The van der Waals surface area contributed by atoms with Crippen molar-refractivity contribution in [2.24, 2.45) is 0 Å². The van der Waals surface area contributed by atoms with Gasteiger partial charge >= 0.3 is 0 Å². The molecular formula is C20H19ClN2O. The molecule has 24 heavy (non-hydrogen) atoms. The van der Waals surface area contributed by atoms with Gasteiger partial charge in [0.1, 0.15) is 0 Å². The maximum atomic E-state index is 12.5. The molecule has 0 bridgehead atoms. The highest BCUT2D eigenvalue weighted by molar-refractivity contribution is 6.30. The lowest BCUT2D eigenvalue weighted by molar-refractivity contribution is -0.121. The summed E-state index contributed by atoms with van der Waals surface area (Å²) < 4.78 is 0. The van der Waals surface area contributed by atoms with E-state index in [0.717, 1.165) is 28.5 Å². The Morgan fingerprint density at radius 2 is 1.88 bits per heavy atom. The van der Waals surface area contributed by atoms with Crippen LogP contribution in [0.25, 0.3) is 10.9 Å². The number of hydrogen-bond acceptors (Lipinski definition) is 2. The molecule has 0 fully saturated rings. The lowest BCUT2D eigenvalue weighted by atomic mass is 10.0. The third-order valence-corrected chi connectivity index (χ3v) is 4.34. The second-order valence-electron chi connectivity index (χ2n) is 5.75. The van der Waals surface area contributed by atoms with E-state index in [0.29, 0.717) is 11.4 Å². The van der Waals surface area contributed by atoms with Gasteiger partial charge in [0.2, 0.25) is 5.91 Å². The molecule has 0 radical (unpaired) electrons. The second-order valence-corrected chi connectivity index (χ2v) is 6.19. The summed E-state index contributed by atoms with van der Waals surface area (Å²) in [5.41, 5.74) is 2.89. The first-order valence-electron chi connectivity index (χ1n) is 8.05. The zero-order valence-electron chi connectivity index (χ0n) is 13.5. The van der Waals surface area contributed by atoms with E-state index < -0.39 is 0 Å². The molecule has 3 nitrogen and oxygen atoms in total. The van der Waals surface area contributed by atoms with E-state index in [2.05, 4.69) is 17.2 Å². The molecular weight excluding hydrogens is 320 g/mol. The Bertz CT molecular complexity index is 840. The molecule has 0 spiro atoms. The Balaban J connectivity index is 1.75. The highest BCUT2D eigenvalue weighted by Crippen LogP contribution is 2.20. The van der Waals surface area contributed by atoms with Gasteiger partial charge in [-0.2, -0.15) is 0 Å². The number of pyridine rings is 1. The zero-order chi connectivity index (χ0) is 16.9. The molecule has 1 N–H and O–H groups in total. The van der Waals surface area contributed by atoms with Crippen LogP contribution in [-0.4, -0.2) is 10.9 Å². The Hall–Kier alpha value is -2.39. The van der Waals surface area contributed by atoms with Gasteiger partial charge in [0.25, 0.3) is 0 Å². The van der Waals surface area contributed by atoms with Crippen LogP contribution >= 0.6 is 11.6 Å². The van der Waals surface area contributed by atoms with Crippen LogP contribution in [0.5, 0.6) is 0 Å². The van der Waals surface area contributed by atoms with Gasteiger partial charge in [-0.25, -0.2) is 0 Å². The van der Waals surface area contributed by atoms with E-state index >= 15 is 0 Å². The third kappa shape index (κ3) is 3.74. The predicted octanol–water partition coefficient (Wildman–Crippen LogP) is 4.70. The number of carbonyl (C=O) groups excluding carboxylic acids is 1. The van der Waals surface area contributed by atoms with Crippen molar-refractivity contribution in [2.45, 2.75) is 25.8 Å². The van der Waals surface area contributed by atoms with Gasteiger partial charge in [0.15, 0.2) is 0 Å². The van der Waals surface area contributed by atoms with Crippen molar-refractivity contribution in [2.75, 3.05) is 0 Å². The van der Waals surface area contributed by atoms with E-state index in [1.165, 1.54) is 0 Å². The van der Waals surface area contributed by atoms with Crippen molar-refractivity contribution in [1.82, 2.24) is 10.3 Å². The number of amides is 1. The molecule has 0 aliphatic heterocycles. The lowest BCUT2D eigenvalue weighted by Gasteiger charge is -2.18. The summed E-state index contributed by atoms with van der Waals surface area (Å²) in [4.78, 5) is 16.9. The molecule has 3 aromatic rings. The maximum Gasteiger partial charge on any atom is 0.224 e. The highest BCUT2D eigenvalue weighted by Gasteiger charge is 2.14. The SMILES string of the molecule is CCC(NC(=O)Cc1cccc2cccnc12)c1ccc(Cl)cc1. The third-order valence-electron chi connectivity index (χ3n) is 4.08. The molecule has 0 aliphatic carbocycles. The van der Waals surface area contributed by atoms with Crippen LogP contribution in [0.15, 0.2) is 60.8 Å². The Morgan fingerprint density at radius 3 is 2.62 bits per heavy atom. The minimum Gasteiger partial charge on any atom is -0.349 e. The van der Waals surface area contributed by atoms with Crippen LogP contribution in [0.2, 0.25) is 5.02 Å². The fourth-order valence-electron chi connectivity index (χ4n) is 2.84. The van der Waals surface area contributed by atoms with Crippen molar-refractivity contribution in [1.29, 1.82) is 0 Å². The number of para-hydroxylation sites is 1. The second kappa shape index (κ2) is 7.45. The zero-order valence-corrected chi connectivity index (χ0v) is 14.3. The molecule has 1 atom stereocenters. The summed E-state index contributed by atoms with van der Waals surface area (Å²) in [6, 6.07) is 17.4. The molecule has 0 saturated heterocycles. The van der Waals surface area contributed by atoms with Crippen LogP contribution in [0, 0.1) is 0 Å². The first-order valence-corrected chi connectivity index (χ1v) is 8.42. The van der Waals surface area contributed by atoms with E-state index in [-0.39, 0.29) is 11.9 Å². The van der Waals surface area contributed by atoms with Gasteiger partial charge in [-0.05, 0) is 35.7 Å². The number of nitrogens with one attached hydrogen (secondary N) is 1. The number of aromatic nitrogens is 1. The summed E-state index contributed by atoms with van der Waals surface area (Å²) in [5.74, 6) is -0.00467. The van der Waals surface area contributed by atoms with Crippen LogP contribution in [-0.2, 0) is 11.2 Å². The number of halogens is 1. The quantitative estimate of drug-likeness (QED) is 0.732. The number of rotatable bonds is 5. The van der Waals surface area contributed by atoms with Crippen molar-refractivity contribution in [3.05, 3.63) is 76.9 Å². The molecule has 0 saturated carbocycles. The first-order chi connectivity index (χ1) is 11.7. The normalized spacial score (nSPS) is 12.1. The van der Waals surface area contributed by atoms with Crippen molar-refractivity contribution in [3.8, 4) is 0 Å². The van der Waals surface area contributed by atoms with E-state index in [9.17, 15) is 4.79 Å². The van der Waals surface area contributed by atoms with Gasteiger partial charge in [-0.1, -0.05) is 54.9 Å². The molecule has 1 aromatic heterocycles. The molecule has 4 heteroatoms. The van der Waals surface area contributed by atoms with Crippen molar-refractivity contribution < 1.29 is 4.79 Å². The van der Waals surface area contributed by atoms with E-state index in [1.54, 1.807) is 6.20 Å². The average molecular weight is 339 g/mol. The van der Waals surface area contributed by atoms with Gasteiger partial charge < -0.3 is 5.32 Å². The number of nitrogens with zero attached hydrogens (tertiary/aromatic N) is 1. The predicted molar refractivity (Wildman–Crippen MR) is 98.1 cm³/mol. The molecule has 2 aromatic carbocycles. The Kier molecular flexibility index (Phi) is 5.11. The lowest BCUT2D eigenvalue weighted by Crippen LogP contribution is -2.29. The molecule has 0 aliphatic rings. The van der Waals surface area contributed by atoms with Gasteiger partial charge in [-0.15, -0.1) is 0 Å². The van der Waals surface area contributed by atoms with Crippen LogP contribution < -0.4 is 5.32 Å². The van der Waals surface area contributed by atoms with Gasteiger partial charge in [0.05, 0.1) is 18.0 Å². The standard InChI is InChI=1S/C20H19ClN2O/c1-2-18(14-8-10-17(21)11-9-14)23-19(24)13-16-6-3-5-15-7-4-12-22-20(15)16/h3-12,18H,2,13H2,1H3,(H,23,24). The topological polar surface area (TPSA) is 42.0 Å². The number of carbonyl (C=O) groups is 1. The summed E-state index contributed by atoms with van der Waals surface area (Å²) in [7, 11) is 0. The van der Waals surface area contributed by atoms with Crippen molar-refractivity contribution in [3.63, 3.8) is 0 Å². The summed E-state index contributed by atoms with van der Waals surface area (Å²) in [5, 5.41) is 4.85. The van der Waals surface area contributed by atoms with E-state index in [1.807, 2.05) is 54.6 Å². The Labute approximate surface area is 146 Å². The smallest absolute Gasteiger partial charge is 0.224 e. The average Bonchev–Trinajstić information content (AvgIpc) is 2.61. The highest BCUT2D eigenvalue weighted by atomic mass is 35.5. The molecule has 1 heterocycles. The maximum absolute atomic E-state index is 12.5. The van der Waals surface area contributed by atoms with Crippen LogP contribution in [0.4, 0.5) is 0 Å². The number of hydrogen-bond donors (Lipinski definition) is 1. The number of benzene rings is 2. The van der Waals surface area contributed by atoms with Crippen molar-refractivity contribution >= 4 is 28.4 Å². The minimum atomic E-state index is -0.0160. The van der Waals surface area contributed by atoms with Gasteiger partial charge in [0, 0.05) is 16.6 Å². The van der Waals surface area contributed by atoms with Crippen LogP contribution in [0.3, 0.4) is 0 Å². The molecule has 1 amide bonds. The summed E-state index contributed by atoms with van der Waals surface area (Å²) >= 11 is 5.93. The fraction of sp³-hybridized carbons (Fsp3) is 0.200. The van der Waals surface area contributed by atoms with E-state index in [4.69, 9.17) is 11.6 Å². The summed E-state index contributed by atoms with van der Waals surface area (Å²) in [6.45, 7) is 2.05. The minimum absolute atomic E-state index is 0.00467. The fourth-order valence-corrected chi connectivity index (χ4v) is 2.97. The largest absolute Gasteiger partial charge is 0.349 e. The summed E-state index contributed by atoms with van der Waals surface area (Å²) in [6.07, 6.45) is 2.89. The van der Waals surface area contributed by atoms with Gasteiger partial charge in [-0.3, -0.25) is 9.78 Å².